The van der Waals surface area contributed by atoms with Gasteiger partial charge in [-0.05, 0) is 35.7 Å². The zero-order valence-electron chi connectivity index (χ0n) is 14.5. The van der Waals surface area contributed by atoms with Gasteiger partial charge in [0.2, 0.25) is 12.5 Å². The Morgan fingerprint density at radius 3 is 2.76 bits per heavy atom. The average Bonchev–Trinajstić information content (AvgIpc) is 3.28. The summed E-state index contributed by atoms with van der Waals surface area (Å²) in [7, 11) is 1.66. The molecule has 1 fully saturated rings. The van der Waals surface area contributed by atoms with Crippen molar-refractivity contribution in [3.05, 3.63) is 53.6 Å². The van der Waals surface area contributed by atoms with Crippen molar-refractivity contribution in [2.75, 3.05) is 33.5 Å². The smallest absolute Gasteiger partial charge is 0.231 e. The quantitative estimate of drug-likeness (QED) is 0.907. The van der Waals surface area contributed by atoms with E-state index in [4.69, 9.17) is 19.9 Å². The van der Waals surface area contributed by atoms with Gasteiger partial charge in [-0.2, -0.15) is 0 Å². The maximum absolute atomic E-state index is 6.05. The summed E-state index contributed by atoms with van der Waals surface area (Å²) in [5.41, 5.74) is 8.60. The normalized spacial score (nSPS) is 22.3. The van der Waals surface area contributed by atoms with Crippen molar-refractivity contribution < 1.29 is 14.2 Å². The summed E-state index contributed by atoms with van der Waals surface area (Å²) in [6, 6.07) is 14.8. The monoisotopic (exact) mass is 340 g/mol. The Morgan fingerprint density at radius 2 is 2.00 bits per heavy atom. The van der Waals surface area contributed by atoms with E-state index >= 15 is 0 Å². The third kappa shape index (κ3) is 3.17. The lowest BCUT2D eigenvalue weighted by Crippen LogP contribution is -2.23. The number of nitrogens with two attached hydrogens (primary N) is 1. The van der Waals surface area contributed by atoms with Gasteiger partial charge in [0.15, 0.2) is 11.5 Å². The van der Waals surface area contributed by atoms with Gasteiger partial charge in [0.1, 0.15) is 0 Å². The molecule has 2 aliphatic rings. The Bertz CT molecular complexity index is 735. The second kappa shape index (κ2) is 6.94. The number of benzene rings is 2. The van der Waals surface area contributed by atoms with Gasteiger partial charge in [0.05, 0.1) is 7.11 Å². The van der Waals surface area contributed by atoms with Gasteiger partial charge in [-0.1, -0.05) is 30.3 Å². The molecule has 0 saturated carbocycles. The Morgan fingerprint density at radius 1 is 1.16 bits per heavy atom. The molecule has 5 heteroatoms. The number of nitrogens with zero attached hydrogens (tertiary/aromatic N) is 1. The van der Waals surface area contributed by atoms with E-state index in [1.54, 1.807) is 7.11 Å². The first-order valence-electron chi connectivity index (χ1n) is 8.72. The van der Waals surface area contributed by atoms with E-state index in [9.17, 15) is 0 Å². The number of rotatable bonds is 5. The number of methoxy groups -OCH3 is 1. The molecule has 1 saturated heterocycles. The van der Waals surface area contributed by atoms with Crippen LogP contribution in [0.15, 0.2) is 42.5 Å². The van der Waals surface area contributed by atoms with Crippen LogP contribution in [0.5, 0.6) is 17.2 Å². The Labute approximate surface area is 148 Å². The van der Waals surface area contributed by atoms with E-state index in [1.165, 1.54) is 11.1 Å². The molecule has 4 rings (SSSR count). The van der Waals surface area contributed by atoms with Crippen LogP contribution in [0.3, 0.4) is 0 Å². The van der Waals surface area contributed by atoms with Gasteiger partial charge >= 0.3 is 0 Å². The molecule has 0 spiro atoms. The van der Waals surface area contributed by atoms with Gasteiger partial charge in [-0.25, -0.2) is 0 Å². The highest BCUT2D eigenvalue weighted by Crippen LogP contribution is 2.42. The Hall–Kier alpha value is -2.24. The highest BCUT2D eigenvalue weighted by atomic mass is 16.7. The number of hydrogen-bond donors (Lipinski definition) is 1. The molecule has 0 bridgehead atoms. The van der Waals surface area contributed by atoms with Crippen LogP contribution in [0.1, 0.15) is 17.0 Å². The molecule has 0 unspecified atom stereocenters. The molecule has 132 valence electrons. The summed E-state index contributed by atoms with van der Waals surface area (Å²) in [4.78, 5) is 2.46. The standard InChI is InChI=1S/C20H24N2O3/c1-23-18-7-14(8-19-20(18)25-13-24-19)10-22-11-16(9-21)17(12-22)15-5-3-2-4-6-15/h2-8,16-17H,9-13,21H2,1H3/t16-,17+/m1/s1. The van der Waals surface area contributed by atoms with Gasteiger partial charge in [0.25, 0.3) is 0 Å². The largest absolute Gasteiger partial charge is 0.493 e. The van der Waals surface area contributed by atoms with E-state index in [2.05, 4.69) is 41.3 Å². The molecule has 2 aromatic rings. The second-order valence-electron chi connectivity index (χ2n) is 6.74. The van der Waals surface area contributed by atoms with Gasteiger partial charge in [-0.15, -0.1) is 0 Å². The van der Waals surface area contributed by atoms with Crippen molar-refractivity contribution in [1.29, 1.82) is 0 Å². The fraction of sp³-hybridized carbons (Fsp3) is 0.400. The lowest BCUT2D eigenvalue weighted by molar-refractivity contribution is 0.171. The van der Waals surface area contributed by atoms with Crippen molar-refractivity contribution in [3.8, 4) is 17.2 Å². The fourth-order valence-corrected chi connectivity index (χ4v) is 3.94. The van der Waals surface area contributed by atoms with Crippen LogP contribution in [0.4, 0.5) is 0 Å². The summed E-state index contributed by atoms with van der Waals surface area (Å²) in [6.07, 6.45) is 0. The summed E-state index contributed by atoms with van der Waals surface area (Å²) in [6.45, 7) is 3.84. The third-order valence-electron chi connectivity index (χ3n) is 5.17. The number of ether oxygens (including phenoxy) is 3. The van der Waals surface area contributed by atoms with E-state index in [0.717, 1.165) is 31.1 Å². The molecule has 5 nitrogen and oxygen atoms in total. The molecule has 0 aliphatic carbocycles. The lowest BCUT2D eigenvalue weighted by atomic mass is 9.89. The predicted molar refractivity (Wildman–Crippen MR) is 96.1 cm³/mol. The molecule has 2 N–H and O–H groups in total. The van der Waals surface area contributed by atoms with Crippen LogP contribution in [0.2, 0.25) is 0 Å². The molecule has 0 aromatic heterocycles. The van der Waals surface area contributed by atoms with Crippen LogP contribution in [0.25, 0.3) is 0 Å². The Balaban J connectivity index is 1.52. The average molecular weight is 340 g/mol. The SMILES string of the molecule is COc1cc(CN2C[C@@H](CN)[C@H](c3ccccc3)C2)cc2c1OCO2. The molecule has 2 atom stereocenters. The minimum Gasteiger partial charge on any atom is -0.493 e. The van der Waals surface area contributed by atoms with Crippen LogP contribution in [0, 0.1) is 5.92 Å². The zero-order valence-corrected chi connectivity index (χ0v) is 14.5. The zero-order chi connectivity index (χ0) is 17.2. The van der Waals surface area contributed by atoms with E-state index in [0.29, 0.717) is 24.1 Å². The third-order valence-corrected chi connectivity index (χ3v) is 5.17. The first-order chi connectivity index (χ1) is 12.3. The van der Waals surface area contributed by atoms with E-state index in [1.807, 2.05) is 6.07 Å². The van der Waals surface area contributed by atoms with Crippen LogP contribution >= 0.6 is 0 Å². The number of fused-ring (bicyclic) bond motifs is 1. The maximum atomic E-state index is 6.05. The topological polar surface area (TPSA) is 57.0 Å². The van der Waals surface area contributed by atoms with E-state index in [-0.39, 0.29) is 6.79 Å². The summed E-state index contributed by atoms with van der Waals surface area (Å²) in [5, 5.41) is 0. The van der Waals surface area contributed by atoms with Gasteiger partial charge in [0, 0.05) is 25.6 Å². The Kier molecular flexibility index (Phi) is 4.51. The van der Waals surface area contributed by atoms with Crippen LogP contribution in [-0.4, -0.2) is 38.4 Å². The molecule has 2 heterocycles. The highest BCUT2D eigenvalue weighted by molar-refractivity contribution is 5.55. The summed E-state index contributed by atoms with van der Waals surface area (Å²) >= 11 is 0. The van der Waals surface area contributed by atoms with E-state index < -0.39 is 0 Å². The second-order valence-corrected chi connectivity index (χ2v) is 6.74. The summed E-state index contributed by atoms with van der Waals surface area (Å²) < 4.78 is 16.5. The molecule has 2 aliphatic heterocycles. The van der Waals surface area contributed by atoms with Crippen molar-refractivity contribution in [2.24, 2.45) is 11.7 Å². The van der Waals surface area contributed by atoms with Crippen LogP contribution < -0.4 is 19.9 Å². The van der Waals surface area contributed by atoms with Crippen molar-refractivity contribution in [3.63, 3.8) is 0 Å². The lowest BCUT2D eigenvalue weighted by Gasteiger charge is -2.17. The molecule has 0 radical (unpaired) electrons. The summed E-state index contributed by atoms with van der Waals surface area (Å²) in [5.74, 6) is 3.18. The highest BCUT2D eigenvalue weighted by Gasteiger charge is 2.33. The molecular weight excluding hydrogens is 316 g/mol. The first kappa shape index (κ1) is 16.2. The molecule has 0 amide bonds. The fourth-order valence-electron chi connectivity index (χ4n) is 3.94. The number of hydrogen-bond acceptors (Lipinski definition) is 5. The van der Waals surface area contributed by atoms with Gasteiger partial charge in [-0.3, -0.25) is 4.90 Å². The minimum absolute atomic E-state index is 0.254. The number of likely N-dealkylation sites (tertiary alicyclic amines) is 1. The van der Waals surface area contributed by atoms with Crippen LogP contribution in [-0.2, 0) is 6.54 Å². The molecule has 2 aromatic carbocycles. The maximum Gasteiger partial charge on any atom is 0.231 e. The minimum atomic E-state index is 0.254. The van der Waals surface area contributed by atoms with Crippen molar-refractivity contribution in [2.45, 2.75) is 12.5 Å². The van der Waals surface area contributed by atoms with Crippen molar-refractivity contribution >= 4 is 0 Å². The van der Waals surface area contributed by atoms with Crippen molar-refractivity contribution in [1.82, 2.24) is 4.90 Å². The predicted octanol–water partition coefficient (Wildman–Crippen LogP) is 2.60. The van der Waals surface area contributed by atoms with Gasteiger partial charge < -0.3 is 19.9 Å². The molecule has 25 heavy (non-hydrogen) atoms. The first-order valence-corrected chi connectivity index (χ1v) is 8.72. The molecular formula is C20H24N2O3.